The van der Waals surface area contributed by atoms with E-state index in [4.69, 9.17) is 16.7 Å². The Morgan fingerprint density at radius 3 is 2.00 bits per heavy atom. The number of urea groups is 1. The summed E-state index contributed by atoms with van der Waals surface area (Å²) >= 11 is 7.48. The minimum atomic E-state index is -3.82. The Morgan fingerprint density at radius 1 is 0.930 bits per heavy atom. The number of nitrogens with one attached hydrogen (secondary N) is 2. The number of nitrogens with two attached hydrogens (primary N) is 1. The molecule has 0 aliphatic carbocycles. The number of thiazole rings is 1. The Labute approximate surface area is 266 Å². The molecule has 0 aliphatic heterocycles. The van der Waals surface area contributed by atoms with Crippen LogP contribution in [-0.4, -0.2) is 57.8 Å². The monoisotopic (exact) mass is 683 g/mol. The third-order valence-corrected chi connectivity index (χ3v) is 8.81. The van der Waals surface area contributed by atoms with Crippen LogP contribution < -0.4 is 15.2 Å². The summed E-state index contributed by atoms with van der Waals surface area (Å²) in [4.78, 5) is 19.2. The van der Waals surface area contributed by atoms with E-state index in [-0.39, 0.29) is 36.5 Å². The highest BCUT2D eigenvalue weighted by atomic mass is 35.5. The molecule has 1 heterocycles. The van der Waals surface area contributed by atoms with Crippen molar-refractivity contribution in [3.63, 3.8) is 0 Å². The van der Waals surface area contributed by atoms with Gasteiger partial charge in [0.15, 0.2) is 5.13 Å². The summed E-state index contributed by atoms with van der Waals surface area (Å²) in [5.74, 6) is -0.433. The Hall–Kier alpha value is -3.20. The Morgan fingerprint density at radius 2 is 1.49 bits per heavy atom. The quantitative estimate of drug-likeness (QED) is 0.177. The second kappa shape index (κ2) is 15.0. The van der Waals surface area contributed by atoms with E-state index in [1.807, 2.05) is 60.7 Å². The number of hydrogen-bond donors (Lipinski definition) is 3. The zero-order valence-corrected chi connectivity index (χ0v) is 27.0. The van der Waals surface area contributed by atoms with Gasteiger partial charge in [0, 0.05) is 30.3 Å². The van der Waals surface area contributed by atoms with Crippen LogP contribution in [0.4, 0.5) is 15.6 Å². The van der Waals surface area contributed by atoms with Gasteiger partial charge in [-0.05, 0) is 29.7 Å². The maximum absolute atomic E-state index is 13.4. The van der Waals surface area contributed by atoms with E-state index in [1.54, 1.807) is 24.3 Å². The van der Waals surface area contributed by atoms with Crippen LogP contribution in [0, 0.1) is 0 Å². The molecule has 0 unspecified atom stereocenters. The van der Waals surface area contributed by atoms with Gasteiger partial charge in [0.25, 0.3) is 0 Å². The maximum atomic E-state index is 13.4. The first-order valence-corrected chi connectivity index (χ1v) is 17.6. The summed E-state index contributed by atoms with van der Waals surface area (Å²) in [5.41, 5.74) is 3.56. The molecule has 0 saturated heterocycles. The van der Waals surface area contributed by atoms with Crippen LogP contribution >= 0.6 is 35.3 Å². The summed E-state index contributed by atoms with van der Waals surface area (Å²) in [6.45, 7) is 0.137. The van der Waals surface area contributed by atoms with Crippen LogP contribution in [0.25, 0.3) is 11.3 Å². The molecule has 0 aliphatic rings. The van der Waals surface area contributed by atoms with Gasteiger partial charge < -0.3 is 4.90 Å². The van der Waals surface area contributed by atoms with Crippen LogP contribution in [0.2, 0.25) is 4.34 Å². The van der Waals surface area contributed by atoms with Crippen LogP contribution in [0.5, 0.6) is 0 Å². The van der Waals surface area contributed by atoms with Crippen LogP contribution in [0.1, 0.15) is 23.5 Å². The SMILES string of the molecule is CS(=O)(=O)Nc1ccc(-c2nc(NC(=O)N(CCC(c3ccccc3)c3ccccc3)CCS(N)(=O)=O)sc2Cl)cc1.Cl. The summed E-state index contributed by atoms with van der Waals surface area (Å²) < 4.78 is 49.2. The number of halogens is 2. The molecule has 4 aromatic rings. The van der Waals surface area contributed by atoms with E-state index in [2.05, 4.69) is 15.0 Å². The summed E-state index contributed by atoms with van der Waals surface area (Å²) in [7, 11) is -7.24. The highest BCUT2D eigenvalue weighted by Gasteiger charge is 2.22. The number of amides is 2. The van der Waals surface area contributed by atoms with Crippen molar-refractivity contribution in [2.24, 2.45) is 5.14 Å². The normalized spacial score (nSPS) is 11.5. The molecule has 0 atom stereocenters. The van der Waals surface area contributed by atoms with E-state index >= 15 is 0 Å². The van der Waals surface area contributed by atoms with Gasteiger partial charge in [-0.25, -0.2) is 31.8 Å². The number of nitrogens with zero attached hydrogens (tertiary/aromatic N) is 2. The highest BCUT2D eigenvalue weighted by Crippen LogP contribution is 2.36. The number of sulfonamides is 2. The first-order valence-electron chi connectivity index (χ1n) is 12.8. The van der Waals surface area contributed by atoms with Crippen molar-refractivity contribution in [1.29, 1.82) is 0 Å². The minimum absolute atomic E-state index is 0. The molecule has 0 fully saturated rings. The molecule has 3 aromatic carbocycles. The van der Waals surface area contributed by atoms with Gasteiger partial charge in [0.2, 0.25) is 20.0 Å². The maximum Gasteiger partial charge on any atom is 0.323 e. The Balaban J connectivity index is 0.00000506. The molecular formula is C28H31Cl2N5O5S3. The molecule has 43 heavy (non-hydrogen) atoms. The van der Waals surface area contributed by atoms with Gasteiger partial charge in [-0.3, -0.25) is 10.0 Å². The first-order chi connectivity index (χ1) is 19.9. The number of benzene rings is 3. The van der Waals surface area contributed by atoms with Crippen LogP contribution in [0.3, 0.4) is 0 Å². The predicted octanol–water partition coefficient (Wildman–Crippen LogP) is 5.60. The molecular weight excluding hydrogens is 653 g/mol. The van der Waals surface area contributed by atoms with Gasteiger partial charge >= 0.3 is 6.03 Å². The molecule has 2 amide bonds. The van der Waals surface area contributed by atoms with Crippen molar-refractivity contribution in [3.8, 4) is 11.3 Å². The Bertz CT molecular complexity index is 1680. The number of primary sulfonamides is 1. The Kier molecular flexibility index (Phi) is 12.0. The molecule has 4 rings (SSSR count). The first kappa shape index (κ1) is 34.3. The molecule has 4 N–H and O–H groups in total. The van der Waals surface area contributed by atoms with Gasteiger partial charge in [-0.2, -0.15) is 0 Å². The molecule has 0 saturated carbocycles. The zero-order chi connectivity index (χ0) is 30.3. The largest absolute Gasteiger partial charge is 0.323 e. The summed E-state index contributed by atoms with van der Waals surface area (Å²) in [6.07, 6.45) is 1.59. The van der Waals surface area contributed by atoms with Crippen molar-refractivity contribution in [3.05, 3.63) is 100 Å². The topological polar surface area (TPSA) is 152 Å². The number of rotatable bonds is 12. The van der Waals surface area contributed by atoms with Crippen molar-refractivity contribution >= 4 is 72.2 Å². The number of anilines is 2. The number of hydrogen-bond acceptors (Lipinski definition) is 7. The fourth-order valence-corrected chi connectivity index (χ4v) is 6.46. The van der Waals surface area contributed by atoms with Crippen LogP contribution in [0.15, 0.2) is 84.9 Å². The lowest BCUT2D eigenvalue weighted by atomic mass is 9.88. The van der Waals surface area contributed by atoms with Crippen molar-refractivity contribution in [2.75, 3.05) is 35.1 Å². The van der Waals surface area contributed by atoms with E-state index in [0.29, 0.717) is 27.7 Å². The van der Waals surface area contributed by atoms with E-state index in [0.717, 1.165) is 28.7 Å². The fourth-order valence-electron chi connectivity index (χ4n) is 4.35. The average molecular weight is 685 g/mol. The van der Waals surface area contributed by atoms with Crippen molar-refractivity contribution < 1.29 is 21.6 Å². The molecule has 10 nitrogen and oxygen atoms in total. The number of carbonyl (C=O) groups is 1. The predicted molar refractivity (Wildman–Crippen MR) is 176 cm³/mol. The van der Waals surface area contributed by atoms with E-state index in [1.165, 1.54) is 4.90 Å². The fraction of sp³-hybridized carbons (Fsp3) is 0.214. The molecule has 1 aromatic heterocycles. The van der Waals surface area contributed by atoms with Crippen molar-refractivity contribution in [1.82, 2.24) is 9.88 Å². The lowest BCUT2D eigenvalue weighted by molar-refractivity contribution is 0.213. The summed E-state index contributed by atoms with van der Waals surface area (Å²) in [6, 6.07) is 25.7. The second-order valence-corrected chi connectivity index (χ2v) is 14.6. The number of aromatic nitrogens is 1. The molecule has 230 valence electrons. The van der Waals surface area contributed by atoms with Crippen LogP contribution in [-0.2, 0) is 20.0 Å². The second-order valence-electron chi connectivity index (χ2n) is 9.54. The third kappa shape index (κ3) is 10.5. The lowest BCUT2D eigenvalue weighted by Gasteiger charge is -2.25. The lowest BCUT2D eigenvalue weighted by Crippen LogP contribution is -2.40. The zero-order valence-electron chi connectivity index (χ0n) is 23.0. The van der Waals surface area contributed by atoms with Gasteiger partial charge in [0.05, 0.1) is 12.0 Å². The van der Waals surface area contributed by atoms with E-state index in [9.17, 15) is 21.6 Å². The molecule has 0 radical (unpaired) electrons. The summed E-state index contributed by atoms with van der Waals surface area (Å²) in [5, 5.41) is 8.22. The van der Waals surface area contributed by atoms with Crippen molar-refractivity contribution in [2.45, 2.75) is 12.3 Å². The number of carbonyl (C=O) groups excluding carboxylic acids is 1. The van der Waals surface area contributed by atoms with Gasteiger partial charge in [0.1, 0.15) is 10.0 Å². The van der Waals surface area contributed by atoms with E-state index < -0.39 is 31.8 Å². The average Bonchev–Trinajstić information content (AvgIpc) is 3.30. The third-order valence-electron chi connectivity index (χ3n) is 6.29. The standard InChI is InChI=1S/C28H30ClN5O5S3.ClH/c1-41(36,37)33-23-14-12-22(13-15-23)25-26(29)40-27(31-25)32-28(35)34(18-19-42(30,38)39)17-16-24(20-8-4-2-5-9-20)21-10-6-3-7-11-21;/h2-15,24,33H,16-19H2,1H3,(H2,30,38,39)(H,31,32,35);1H. The van der Waals surface area contributed by atoms with Gasteiger partial charge in [-0.15, -0.1) is 12.4 Å². The van der Waals surface area contributed by atoms with Gasteiger partial charge in [-0.1, -0.05) is 95.7 Å². The minimum Gasteiger partial charge on any atom is -0.323 e. The molecule has 0 bridgehead atoms. The highest BCUT2D eigenvalue weighted by molar-refractivity contribution is 7.92. The molecule has 0 spiro atoms. The smallest absolute Gasteiger partial charge is 0.323 e. The molecule has 15 heteroatoms.